The monoisotopic (exact) mass is 234 g/mol. The zero-order valence-corrected chi connectivity index (χ0v) is 10.8. The highest BCUT2D eigenvalue weighted by molar-refractivity contribution is 5.32. The zero-order valence-electron chi connectivity index (χ0n) is 10.8. The maximum atomic E-state index is 5.66. The maximum absolute atomic E-state index is 5.66. The van der Waals surface area contributed by atoms with E-state index in [1.165, 1.54) is 19.3 Å². The van der Waals surface area contributed by atoms with E-state index in [9.17, 15) is 0 Å². The summed E-state index contributed by atoms with van der Waals surface area (Å²) in [5.74, 6) is 1.68. The van der Waals surface area contributed by atoms with E-state index < -0.39 is 0 Å². The lowest BCUT2D eigenvalue weighted by atomic mass is 9.85. The summed E-state index contributed by atoms with van der Waals surface area (Å²) < 4.78 is 0. The maximum Gasteiger partial charge on any atom is 0.225 e. The van der Waals surface area contributed by atoms with Gasteiger partial charge in [-0.05, 0) is 38.7 Å². The van der Waals surface area contributed by atoms with Gasteiger partial charge < -0.3 is 10.6 Å². The van der Waals surface area contributed by atoms with Gasteiger partial charge in [-0.2, -0.15) is 0 Å². The second-order valence-electron chi connectivity index (χ2n) is 4.84. The minimum Gasteiger partial charge on any atom is -0.341 e. The first kappa shape index (κ1) is 12.3. The first-order valence-corrected chi connectivity index (χ1v) is 6.52. The van der Waals surface area contributed by atoms with Crippen molar-refractivity contribution in [2.45, 2.75) is 39.7 Å². The molecular weight excluding hydrogens is 212 g/mol. The molecule has 2 N–H and O–H groups in total. The van der Waals surface area contributed by atoms with Crippen molar-refractivity contribution < 1.29 is 0 Å². The average molecular weight is 234 g/mol. The Balaban J connectivity index is 2.13. The largest absolute Gasteiger partial charge is 0.341 e. The highest BCUT2D eigenvalue weighted by atomic mass is 15.2. The quantitative estimate of drug-likeness (QED) is 0.845. The van der Waals surface area contributed by atoms with Gasteiger partial charge in [0.2, 0.25) is 5.95 Å². The van der Waals surface area contributed by atoms with Crippen molar-refractivity contribution in [3.63, 3.8) is 0 Å². The van der Waals surface area contributed by atoms with Gasteiger partial charge in [0.05, 0.1) is 5.69 Å². The molecule has 1 aliphatic rings. The molecule has 4 heteroatoms. The molecule has 0 bridgehead atoms. The van der Waals surface area contributed by atoms with E-state index in [1.54, 1.807) is 0 Å². The Morgan fingerprint density at radius 3 is 2.71 bits per heavy atom. The molecule has 0 aromatic carbocycles. The second-order valence-corrected chi connectivity index (χ2v) is 4.84. The number of rotatable bonds is 5. The molecule has 2 rings (SSSR count). The Morgan fingerprint density at radius 2 is 2.18 bits per heavy atom. The van der Waals surface area contributed by atoms with E-state index >= 15 is 0 Å². The molecule has 0 amide bonds. The van der Waals surface area contributed by atoms with Crippen LogP contribution in [0.15, 0.2) is 6.07 Å². The van der Waals surface area contributed by atoms with Crippen molar-refractivity contribution in [2.75, 3.05) is 18.0 Å². The van der Waals surface area contributed by atoms with Crippen LogP contribution < -0.4 is 10.6 Å². The van der Waals surface area contributed by atoms with Crippen molar-refractivity contribution in [3.8, 4) is 0 Å². The topological polar surface area (TPSA) is 55.0 Å². The second kappa shape index (κ2) is 5.45. The summed E-state index contributed by atoms with van der Waals surface area (Å²) >= 11 is 0. The van der Waals surface area contributed by atoms with Crippen LogP contribution in [0.3, 0.4) is 0 Å². The Hall–Kier alpha value is -1.16. The molecule has 0 unspecified atom stereocenters. The molecule has 0 radical (unpaired) electrons. The SMILES string of the molecule is CCN(CC1CCC1)c1nc(C)cc(CN)n1. The number of hydrogen-bond donors (Lipinski definition) is 1. The first-order valence-electron chi connectivity index (χ1n) is 6.52. The van der Waals surface area contributed by atoms with E-state index in [2.05, 4.69) is 21.8 Å². The van der Waals surface area contributed by atoms with Crippen LogP contribution in [0, 0.1) is 12.8 Å². The Bertz CT molecular complexity index is 374. The van der Waals surface area contributed by atoms with Crippen LogP contribution in [0.25, 0.3) is 0 Å². The molecule has 4 nitrogen and oxygen atoms in total. The van der Waals surface area contributed by atoms with Crippen molar-refractivity contribution >= 4 is 5.95 Å². The fraction of sp³-hybridized carbons (Fsp3) is 0.692. The van der Waals surface area contributed by atoms with Gasteiger partial charge in [-0.25, -0.2) is 9.97 Å². The van der Waals surface area contributed by atoms with E-state index in [0.717, 1.165) is 36.3 Å². The molecule has 0 aliphatic heterocycles. The Kier molecular flexibility index (Phi) is 3.94. The first-order chi connectivity index (χ1) is 8.22. The molecule has 1 heterocycles. The fourth-order valence-corrected chi connectivity index (χ4v) is 2.20. The third-order valence-electron chi connectivity index (χ3n) is 3.47. The van der Waals surface area contributed by atoms with Gasteiger partial charge in [0.25, 0.3) is 0 Å². The number of hydrogen-bond acceptors (Lipinski definition) is 4. The van der Waals surface area contributed by atoms with E-state index in [-0.39, 0.29) is 0 Å². The smallest absolute Gasteiger partial charge is 0.225 e. The van der Waals surface area contributed by atoms with Crippen LogP contribution in [0.1, 0.15) is 37.6 Å². The van der Waals surface area contributed by atoms with Gasteiger partial charge in [-0.15, -0.1) is 0 Å². The van der Waals surface area contributed by atoms with Gasteiger partial charge in [-0.3, -0.25) is 0 Å². The van der Waals surface area contributed by atoms with Crippen molar-refractivity contribution in [3.05, 3.63) is 17.5 Å². The minimum atomic E-state index is 0.483. The normalized spacial score (nSPS) is 15.7. The lowest BCUT2D eigenvalue weighted by Gasteiger charge is -2.32. The zero-order chi connectivity index (χ0) is 12.3. The average Bonchev–Trinajstić information content (AvgIpc) is 2.27. The predicted molar refractivity (Wildman–Crippen MR) is 69.9 cm³/mol. The summed E-state index contributed by atoms with van der Waals surface area (Å²) in [6.07, 6.45) is 4.09. The summed E-state index contributed by atoms with van der Waals surface area (Å²) in [4.78, 5) is 11.3. The number of aryl methyl sites for hydroxylation is 1. The highest BCUT2D eigenvalue weighted by Gasteiger charge is 2.21. The molecule has 1 saturated carbocycles. The van der Waals surface area contributed by atoms with Gasteiger partial charge in [0.15, 0.2) is 0 Å². The van der Waals surface area contributed by atoms with Gasteiger partial charge in [0.1, 0.15) is 0 Å². The molecule has 1 aromatic heterocycles. The molecule has 1 aromatic rings. The Morgan fingerprint density at radius 1 is 1.41 bits per heavy atom. The summed E-state index contributed by atoms with van der Waals surface area (Å²) in [5.41, 5.74) is 7.59. The van der Waals surface area contributed by atoms with Crippen molar-refractivity contribution in [1.82, 2.24) is 9.97 Å². The van der Waals surface area contributed by atoms with Crippen molar-refractivity contribution in [2.24, 2.45) is 11.7 Å². The van der Waals surface area contributed by atoms with Crippen LogP contribution in [0.4, 0.5) is 5.95 Å². The molecule has 17 heavy (non-hydrogen) atoms. The molecule has 1 aliphatic carbocycles. The van der Waals surface area contributed by atoms with Crippen LogP contribution in [0.5, 0.6) is 0 Å². The number of nitrogens with two attached hydrogens (primary N) is 1. The van der Waals surface area contributed by atoms with Crippen molar-refractivity contribution in [1.29, 1.82) is 0 Å². The van der Waals surface area contributed by atoms with Crippen LogP contribution in [-0.4, -0.2) is 23.1 Å². The fourth-order valence-electron chi connectivity index (χ4n) is 2.20. The third kappa shape index (κ3) is 2.94. The van der Waals surface area contributed by atoms with E-state index in [0.29, 0.717) is 6.54 Å². The molecule has 1 fully saturated rings. The van der Waals surface area contributed by atoms with Gasteiger partial charge >= 0.3 is 0 Å². The van der Waals surface area contributed by atoms with Gasteiger partial charge in [-0.1, -0.05) is 6.42 Å². The molecule has 0 saturated heterocycles. The number of nitrogens with zero attached hydrogens (tertiary/aromatic N) is 3. The summed E-state index contributed by atoms with van der Waals surface area (Å²) in [6.45, 7) is 6.69. The van der Waals surface area contributed by atoms with E-state index in [4.69, 9.17) is 5.73 Å². The molecular formula is C13H22N4. The van der Waals surface area contributed by atoms with Gasteiger partial charge in [0, 0.05) is 25.3 Å². The standard InChI is InChI=1S/C13H22N4/c1-3-17(9-11-5-4-6-11)13-15-10(2)7-12(8-14)16-13/h7,11H,3-6,8-9,14H2,1-2H3. The number of anilines is 1. The lowest BCUT2D eigenvalue weighted by molar-refractivity contribution is 0.317. The predicted octanol–water partition coefficient (Wildman–Crippen LogP) is 1.87. The summed E-state index contributed by atoms with van der Waals surface area (Å²) in [7, 11) is 0. The number of aromatic nitrogens is 2. The highest BCUT2D eigenvalue weighted by Crippen LogP contribution is 2.28. The summed E-state index contributed by atoms with van der Waals surface area (Å²) in [5, 5.41) is 0. The molecule has 94 valence electrons. The summed E-state index contributed by atoms with van der Waals surface area (Å²) in [6, 6.07) is 1.96. The van der Waals surface area contributed by atoms with Crippen LogP contribution in [0.2, 0.25) is 0 Å². The van der Waals surface area contributed by atoms with E-state index in [1.807, 2.05) is 13.0 Å². The molecule has 0 atom stereocenters. The van der Waals surface area contributed by atoms with Crippen LogP contribution >= 0.6 is 0 Å². The lowest BCUT2D eigenvalue weighted by Crippen LogP contribution is -2.34. The Labute approximate surface area is 103 Å². The van der Waals surface area contributed by atoms with Crippen LogP contribution in [-0.2, 0) is 6.54 Å². The molecule has 0 spiro atoms. The third-order valence-corrected chi connectivity index (χ3v) is 3.47. The minimum absolute atomic E-state index is 0.483.